The van der Waals surface area contributed by atoms with E-state index in [2.05, 4.69) is 5.32 Å². The summed E-state index contributed by atoms with van der Waals surface area (Å²) < 4.78 is 45.0. The highest BCUT2D eigenvalue weighted by molar-refractivity contribution is 14.1. The SMILES string of the molecule is N#C/C(=C/c1ccc(OCc2ccc([N+](=O)[O-])cc2)c(I)c1)C(=O)Nc1cccc(C(F)(F)F)c1. The second-order valence-electron chi connectivity index (χ2n) is 7.10. The summed E-state index contributed by atoms with van der Waals surface area (Å²) in [5, 5.41) is 22.4. The van der Waals surface area contributed by atoms with Gasteiger partial charge >= 0.3 is 6.18 Å². The van der Waals surface area contributed by atoms with Crippen LogP contribution in [0.2, 0.25) is 0 Å². The van der Waals surface area contributed by atoms with E-state index in [1.54, 1.807) is 36.4 Å². The lowest BCUT2D eigenvalue weighted by molar-refractivity contribution is -0.384. The second kappa shape index (κ2) is 11.0. The van der Waals surface area contributed by atoms with E-state index in [1.807, 2.05) is 22.6 Å². The molecule has 0 bridgehead atoms. The van der Waals surface area contributed by atoms with Crippen molar-refractivity contribution >= 4 is 45.9 Å². The number of rotatable bonds is 7. The molecule has 0 aromatic heterocycles. The zero-order chi connectivity index (χ0) is 25.6. The summed E-state index contributed by atoms with van der Waals surface area (Å²) in [6.45, 7) is 0.173. The van der Waals surface area contributed by atoms with Crippen molar-refractivity contribution in [3.8, 4) is 11.8 Å². The highest BCUT2D eigenvalue weighted by atomic mass is 127. The van der Waals surface area contributed by atoms with E-state index in [-0.39, 0.29) is 23.6 Å². The molecule has 7 nitrogen and oxygen atoms in total. The molecular weight excluding hydrogens is 578 g/mol. The zero-order valence-corrected chi connectivity index (χ0v) is 19.8. The number of alkyl halides is 3. The fraction of sp³-hybridized carbons (Fsp3) is 0.0833. The van der Waals surface area contributed by atoms with Crippen LogP contribution in [-0.2, 0) is 17.6 Å². The van der Waals surface area contributed by atoms with E-state index >= 15 is 0 Å². The molecule has 1 amide bonds. The average Bonchev–Trinajstić information content (AvgIpc) is 2.81. The highest BCUT2D eigenvalue weighted by Gasteiger charge is 2.30. The first-order valence-electron chi connectivity index (χ1n) is 9.83. The summed E-state index contributed by atoms with van der Waals surface area (Å²) in [5.41, 5.74) is -0.0870. The van der Waals surface area contributed by atoms with Gasteiger partial charge in [0.25, 0.3) is 11.6 Å². The van der Waals surface area contributed by atoms with Crippen molar-refractivity contribution < 1.29 is 27.6 Å². The fourth-order valence-electron chi connectivity index (χ4n) is 2.89. The Balaban J connectivity index is 1.69. The summed E-state index contributed by atoms with van der Waals surface area (Å²) in [4.78, 5) is 22.7. The molecule has 0 fully saturated rings. The first-order valence-corrected chi connectivity index (χ1v) is 10.9. The Labute approximate surface area is 211 Å². The van der Waals surface area contributed by atoms with E-state index in [9.17, 15) is 33.3 Å². The van der Waals surface area contributed by atoms with Gasteiger partial charge in [0.05, 0.1) is 14.1 Å². The van der Waals surface area contributed by atoms with E-state index < -0.39 is 22.6 Å². The number of nitro groups is 1. The number of ether oxygens (including phenoxy) is 1. The number of nitrogens with zero attached hydrogens (tertiary/aromatic N) is 2. The Hall–Kier alpha value is -3.92. The molecule has 0 aliphatic carbocycles. The van der Waals surface area contributed by atoms with Gasteiger partial charge in [-0.3, -0.25) is 14.9 Å². The Morgan fingerprint density at radius 3 is 2.46 bits per heavy atom. The van der Waals surface area contributed by atoms with Crippen LogP contribution in [0.3, 0.4) is 0 Å². The number of nitro benzene ring substituents is 1. The molecular formula is C24H15F3IN3O4. The van der Waals surface area contributed by atoms with E-state index in [4.69, 9.17) is 4.74 Å². The lowest BCUT2D eigenvalue weighted by Crippen LogP contribution is -2.14. The van der Waals surface area contributed by atoms with Crippen molar-refractivity contribution in [3.05, 3.63) is 103 Å². The molecule has 178 valence electrons. The monoisotopic (exact) mass is 593 g/mol. The molecule has 0 saturated heterocycles. The van der Waals surface area contributed by atoms with Gasteiger partial charge in [0.1, 0.15) is 24.0 Å². The van der Waals surface area contributed by atoms with Gasteiger partial charge in [-0.05, 0) is 82.3 Å². The van der Waals surface area contributed by atoms with Crippen LogP contribution in [0, 0.1) is 25.0 Å². The number of nitriles is 1. The normalized spacial score (nSPS) is 11.5. The molecule has 0 unspecified atom stereocenters. The van der Waals surface area contributed by atoms with Gasteiger partial charge in [-0.15, -0.1) is 0 Å². The number of hydrogen-bond donors (Lipinski definition) is 1. The van der Waals surface area contributed by atoms with Crippen LogP contribution in [0.25, 0.3) is 6.08 Å². The maximum absolute atomic E-state index is 12.9. The molecule has 0 atom stereocenters. The molecule has 0 aliphatic heterocycles. The molecule has 0 aliphatic rings. The number of benzene rings is 3. The fourth-order valence-corrected chi connectivity index (χ4v) is 3.58. The van der Waals surface area contributed by atoms with Crippen molar-refractivity contribution in [2.24, 2.45) is 0 Å². The van der Waals surface area contributed by atoms with Crippen LogP contribution in [0.5, 0.6) is 5.75 Å². The smallest absolute Gasteiger partial charge is 0.416 e. The Morgan fingerprint density at radius 2 is 1.86 bits per heavy atom. The number of carbonyl (C=O) groups is 1. The topological polar surface area (TPSA) is 105 Å². The molecule has 0 heterocycles. The third-order valence-corrected chi connectivity index (χ3v) is 5.46. The maximum Gasteiger partial charge on any atom is 0.416 e. The Bertz CT molecular complexity index is 1330. The molecule has 11 heteroatoms. The minimum absolute atomic E-state index is 0.0233. The molecule has 0 spiro atoms. The number of nitrogens with one attached hydrogen (secondary N) is 1. The van der Waals surface area contributed by atoms with Crippen LogP contribution in [0.4, 0.5) is 24.5 Å². The Kier molecular flexibility index (Phi) is 8.08. The Morgan fingerprint density at radius 1 is 1.14 bits per heavy atom. The van der Waals surface area contributed by atoms with Gasteiger partial charge in [0.2, 0.25) is 0 Å². The number of anilines is 1. The van der Waals surface area contributed by atoms with E-state index in [1.165, 1.54) is 24.3 Å². The molecule has 0 saturated carbocycles. The standard InChI is InChI=1S/C24H15F3IN3O4/c25-24(26,27)18-2-1-3-19(12-18)30-23(32)17(13-29)10-16-6-9-22(21(28)11-16)35-14-15-4-7-20(8-5-15)31(33)34/h1-12H,14H2,(H,30,32)/b17-10-. The number of carbonyl (C=O) groups excluding carboxylic acids is 1. The first-order chi connectivity index (χ1) is 16.6. The first kappa shape index (κ1) is 25.7. The molecule has 3 rings (SSSR count). The highest BCUT2D eigenvalue weighted by Crippen LogP contribution is 2.31. The average molecular weight is 593 g/mol. The predicted molar refractivity (Wildman–Crippen MR) is 130 cm³/mol. The minimum Gasteiger partial charge on any atom is -0.488 e. The number of non-ortho nitro benzene ring substituents is 1. The molecule has 0 radical (unpaired) electrons. The van der Waals surface area contributed by atoms with Crippen molar-refractivity contribution in [3.63, 3.8) is 0 Å². The lowest BCUT2D eigenvalue weighted by Gasteiger charge is -2.10. The largest absolute Gasteiger partial charge is 0.488 e. The molecule has 3 aromatic carbocycles. The van der Waals surface area contributed by atoms with Crippen LogP contribution in [-0.4, -0.2) is 10.8 Å². The molecule has 1 N–H and O–H groups in total. The predicted octanol–water partition coefficient (Wildman–Crippen LogP) is 6.34. The van der Waals surface area contributed by atoms with Crippen LogP contribution in [0.15, 0.2) is 72.3 Å². The van der Waals surface area contributed by atoms with E-state index in [0.29, 0.717) is 14.9 Å². The van der Waals surface area contributed by atoms with Crippen LogP contribution in [0.1, 0.15) is 16.7 Å². The summed E-state index contributed by atoms with van der Waals surface area (Å²) >= 11 is 2.01. The van der Waals surface area contributed by atoms with Crippen LogP contribution < -0.4 is 10.1 Å². The summed E-state index contributed by atoms with van der Waals surface area (Å²) in [7, 11) is 0. The number of hydrogen-bond acceptors (Lipinski definition) is 5. The van der Waals surface area contributed by atoms with Crippen molar-refractivity contribution in [1.82, 2.24) is 0 Å². The zero-order valence-electron chi connectivity index (χ0n) is 17.7. The third-order valence-electron chi connectivity index (χ3n) is 4.62. The second-order valence-corrected chi connectivity index (χ2v) is 8.27. The summed E-state index contributed by atoms with van der Waals surface area (Å²) in [6.07, 6.45) is -3.25. The van der Waals surface area contributed by atoms with Gasteiger partial charge < -0.3 is 10.1 Å². The molecule has 35 heavy (non-hydrogen) atoms. The van der Waals surface area contributed by atoms with Crippen molar-refractivity contribution in [2.75, 3.05) is 5.32 Å². The van der Waals surface area contributed by atoms with Crippen molar-refractivity contribution in [1.29, 1.82) is 5.26 Å². The van der Waals surface area contributed by atoms with Gasteiger partial charge in [0, 0.05) is 17.8 Å². The van der Waals surface area contributed by atoms with Gasteiger partial charge in [0.15, 0.2) is 0 Å². The quantitative estimate of drug-likeness (QED) is 0.113. The summed E-state index contributed by atoms with van der Waals surface area (Å²) in [5.74, 6) is -0.326. The van der Waals surface area contributed by atoms with E-state index in [0.717, 1.165) is 23.8 Å². The third kappa shape index (κ3) is 7.03. The van der Waals surface area contributed by atoms with Gasteiger partial charge in [-0.25, -0.2) is 0 Å². The number of amides is 1. The maximum atomic E-state index is 12.9. The van der Waals surface area contributed by atoms with Gasteiger partial charge in [-0.1, -0.05) is 12.1 Å². The summed E-state index contributed by atoms with van der Waals surface area (Å²) in [6, 6.07) is 16.7. The van der Waals surface area contributed by atoms with Gasteiger partial charge in [-0.2, -0.15) is 18.4 Å². The molecule has 3 aromatic rings. The van der Waals surface area contributed by atoms with Crippen molar-refractivity contribution in [2.45, 2.75) is 12.8 Å². The minimum atomic E-state index is -4.56. The van der Waals surface area contributed by atoms with Crippen LogP contribution >= 0.6 is 22.6 Å². The number of halogens is 4. The lowest BCUT2D eigenvalue weighted by atomic mass is 10.1.